The van der Waals surface area contributed by atoms with E-state index in [1.807, 2.05) is 6.07 Å². The third kappa shape index (κ3) is 3.82. The zero-order valence-electron chi connectivity index (χ0n) is 13.4. The fourth-order valence-electron chi connectivity index (χ4n) is 2.80. The molecule has 128 valence electrons. The van der Waals surface area contributed by atoms with E-state index in [0.717, 1.165) is 25.2 Å². The van der Waals surface area contributed by atoms with Gasteiger partial charge in [0.1, 0.15) is 11.3 Å². The molecule has 0 N–H and O–H groups in total. The van der Waals surface area contributed by atoms with Gasteiger partial charge >= 0.3 is 0 Å². The summed E-state index contributed by atoms with van der Waals surface area (Å²) in [6.45, 7) is 3.79. The zero-order valence-corrected chi connectivity index (χ0v) is 15.0. The molecule has 2 aromatic heterocycles. The van der Waals surface area contributed by atoms with E-state index in [0.29, 0.717) is 27.9 Å². The molecule has 0 radical (unpaired) electrons. The molecule has 3 heterocycles. The molecule has 0 aromatic carbocycles. The first-order chi connectivity index (χ1) is 11.6. The molecule has 3 rings (SSSR count). The number of aromatic nitrogens is 3. The van der Waals surface area contributed by atoms with E-state index in [1.165, 1.54) is 6.20 Å². The van der Waals surface area contributed by atoms with Crippen molar-refractivity contribution in [2.75, 3.05) is 25.1 Å². The van der Waals surface area contributed by atoms with Gasteiger partial charge in [0.25, 0.3) is 0 Å². The maximum atomic E-state index is 6.29. The Morgan fingerprint density at radius 2 is 1.92 bits per heavy atom. The topological polar surface area (TPSA) is 60.4 Å². The molecule has 1 aliphatic rings. The molecule has 1 saturated heterocycles. The number of hydrogen-bond donors (Lipinski definition) is 0. The Bertz CT molecular complexity index is 699. The summed E-state index contributed by atoms with van der Waals surface area (Å²) in [4.78, 5) is 14.5. The first-order valence-corrected chi connectivity index (χ1v) is 8.41. The predicted octanol–water partition coefficient (Wildman–Crippen LogP) is 3.48. The number of piperidine rings is 1. The molecule has 0 saturated carbocycles. The van der Waals surface area contributed by atoms with Gasteiger partial charge in [0.15, 0.2) is 0 Å². The van der Waals surface area contributed by atoms with Gasteiger partial charge in [-0.2, -0.15) is 0 Å². The van der Waals surface area contributed by atoms with Crippen molar-refractivity contribution in [2.45, 2.75) is 19.4 Å². The lowest BCUT2D eigenvalue weighted by Crippen LogP contribution is -2.44. The SMILES string of the molecule is COc1cc(N2CCC(Oc3cnc(Cl)cn3)C(C)C2)c(Cl)cn1. The fourth-order valence-corrected chi connectivity index (χ4v) is 3.12. The number of anilines is 1. The molecule has 1 fully saturated rings. The van der Waals surface area contributed by atoms with Crippen LogP contribution in [0.1, 0.15) is 13.3 Å². The van der Waals surface area contributed by atoms with Crippen molar-refractivity contribution in [1.29, 1.82) is 0 Å². The molecule has 0 aliphatic carbocycles. The first-order valence-electron chi connectivity index (χ1n) is 7.65. The third-order valence-electron chi connectivity index (χ3n) is 4.06. The summed E-state index contributed by atoms with van der Waals surface area (Å²) in [7, 11) is 1.59. The maximum Gasteiger partial charge on any atom is 0.232 e. The van der Waals surface area contributed by atoms with Crippen LogP contribution in [-0.4, -0.2) is 41.3 Å². The average molecular weight is 369 g/mol. The van der Waals surface area contributed by atoms with E-state index >= 15 is 0 Å². The van der Waals surface area contributed by atoms with Crippen molar-refractivity contribution in [1.82, 2.24) is 15.0 Å². The monoisotopic (exact) mass is 368 g/mol. The Labute approximate surface area is 150 Å². The largest absolute Gasteiger partial charge is 0.481 e. The Morgan fingerprint density at radius 1 is 1.12 bits per heavy atom. The molecule has 2 atom stereocenters. The van der Waals surface area contributed by atoms with Crippen molar-refractivity contribution in [3.63, 3.8) is 0 Å². The van der Waals surface area contributed by atoms with Gasteiger partial charge in [-0.3, -0.25) is 0 Å². The van der Waals surface area contributed by atoms with Crippen LogP contribution < -0.4 is 14.4 Å². The standard InChI is InChI=1S/C16H18Cl2N4O2/c1-10-9-22(12-5-15(23-2)20-6-11(12)17)4-3-13(10)24-16-8-19-14(18)7-21-16/h5-8,10,13H,3-4,9H2,1-2H3. The molecule has 1 aliphatic heterocycles. The highest BCUT2D eigenvalue weighted by Crippen LogP contribution is 2.32. The van der Waals surface area contributed by atoms with Gasteiger partial charge < -0.3 is 14.4 Å². The highest BCUT2D eigenvalue weighted by Gasteiger charge is 2.29. The van der Waals surface area contributed by atoms with E-state index in [1.54, 1.807) is 19.5 Å². The van der Waals surface area contributed by atoms with Crippen LogP contribution in [0.25, 0.3) is 0 Å². The second-order valence-corrected chi connectivity index (χ2v) is 6.52. The summed E-state index contributed by atoms with van der Waals surface area (Å²) in [6.07, 6.45) is 5.57. The van der Waals surface area contributed by atoms with Gasteiger partial charge in [-0.05, 0) is 0 Å². The second kappa shape index (κ2) is 7.40. The van der Waals surface area contributed by atoms with Crippen LogP contribution in [0.4, 0.5) is 5.69 Å². The maximum absolute atomic E-state index is 6.29. The molecule has 8 heteroatoms. The second-order valence-electron chi connectivity index (χ2n) is 5.72. The van der Waals surface area contributed by atoms with Gasteiger partial charge in [-0.15, -0.1) is 0 Å². The van der Waals surface area contributed by atoms with E-state index in [-0.39, 0.29) is 6.10 Å². The third-order valence-corrected chi connectivity index (χ3v) is 4.54. The van der Waals surface area contributed by atoms with Crippen LogP contribution in [0.2, 0.25) is 10.2 Å². The summed E-state index contributed by atoms with van der Waals surface area (Å²) < 4.78 is 11.1. The average Bonchev–Trinajstić information content (AvgIpc) is 2.59. The molecule has 0 amide bonds. The van der Waals surface area contributed by atoms with Gasteiger partial charge in [0, 0.05) is 31.5 Å². The lowest BCUT2D eigenvalue weighted by molar-refractivity contribution is 0.115. The van der Waals surface area contributed by atoms with Gasteiger partial charge in [0.2, 0.25) is 11.8 Å². The van der Waals surface area contributed by atoms with E-state index in [9.17, 15) is 0 Å². The number of pyridine rings is 1. The van der Waals surface area contributed by atoms with Gasteiger partial charge in [-0.25, -0.2) is 15.0 Å². The predicted molar refractivity (Wildman–Crippen MR) is 93.3 cm³/mol. The molecular weight excluding hydrogens is 351 g/mol. The summed E-state index contributed by atoms with van der Waals surface area (Å²) in [6, 6.07) is 1.86. The van der Waals surface area contributed by atoms with Crippen molar-refractivity contribution < 1.29 is 9.47 Å². The molecule has 24 heavy (non-hydrogen) atoms. The van der Waals surface area contributed by atoms with Crippen LogP contribution in [0.3, 0.4) is 0 Å². The summed E-state index contributed by atoms with van der Waals surface area (Å²) in [5.74, 6) is 1.34. The van der Waals surface area contributed by atoms with Crippen molar-refractivity contribution in [3.8, 4) is 11.8 Å². The molecule has 2 unspecified atom stereocenters. The number of methoxy groups -OCH3 is 1. The first kappa shape index (κ1) is 17.0. The molecular formula is C16H18Cl2N4O2. The van der Waals surface area contributed by atoms with Gasteiger partial charge in [0.05, 0.1) is 36.4 Å². The summed E-state index contributed by atoms with van der Waals surface area (Å²) in [5, 5.41) is 0.970. The van der Waals surface area contributed by atoms with Crippen LogP contribution in [0.15, 0.2) is 24.7 Å². The zero-order chi connectivity index (χ0) is 17.1. The molecule has 2 aromatic rings. The fraction of sp³-hybridized carbons (Fsp3) is 0.438. The van der Waals surface area contributed by atoms with Crippen molar-refractivity contribution in [3.05, 3.63) is 34.8 Å². The highest BCUT2D eigenvalue weighted by molar-refractivity contribution is 6.33. The highest BCUT2D eigenvalue weighted by atomic mass is 35.5. The molecule has 0 spiro atoms. The smallest absolute Gasteiger partial charge is 0.232 e. The quantitative estimate of drug-likeness (QED) is 0.823. The number of ether oxygens (including phenoxy) is 2. The minimum atomic E-state index is 0.0687. The Balaban J connectivity index is 1.68. The summed E-state index contributed by atoms with van der Waals surface area (Å²) in [5.41, 5.74) is 0.931. The lowest BCUT2D eigenvalue weighted by atomic mass is 9.96. The Hall–Kier alpha value is -1.79. The number of hydrogen-bond acceptors (Lipinski definition) is 6. The van der Waals surface area contributed by atoms with E-state index in [4.69, 9.17) is 32.7 Å². The lowest BCUT2D eigenvalue weighted by Gasteiger charge is -2.38. The van der Waals surface area contributed by atoms with Crippen LogP contribution >= 0.6 is 23.2 Å². The molecule has 0 bridgehead atoms. The molecule has 6 nitrogen and oxygen atoms in total. The minimum Gasteiger partial charge on any atom is -0.481 e. The van der Waals surface area contributed by atoms with E-state index in [2.05, 4.69) is 26.8 Å². The van der Waals surface area contributed by atoms with Gasteiger partial charge in [-0.1, -0.05) is 30.1 Å². The number of rotatable bonds is 4. The Morgan fingerprint density at radius 3 is 2.58 bits per heavy atom. The normalized spacial score (nSPS) is 20.8. The van der Waals surface area contributed by atoms with Crippen LogP contribution in [-0.2, 0) is 0 Å². The van der Waals surface area contributed by atoms with Crippen LogP contribution in [0, 0.1) is 5.92 Å². The summed E-state index contributed by atoms with van der Waals surface area (Å²) >= 11 is 12.0. The van der Waals surface area contributed by atoms with Crippen molar-refractivity contribution in [2.24, 2.45) is 5.92 Å². The van der Waals surface area contributed by atoms with Crippen molar-refractivity contribution >= 4 is 28.9 Å². The van der Waals surface area contributed by atoms with E-state index < -0.39 is 0 Å². The minimum absolute atomic E-state index is 0.0687. The number of nitrogens with zero attached hydrogens (tertiary/aromatic N) is 4. The Kier molecular flexibility index (Phi) is 5.26. The van der Waals surface area contributed by atoms with Crippen LogP contribution in [0.5, 0.6) is 11.8 Å². The number of halogens is 2.